The normalized spacial score (nSPS) is 25.0. The third-order valence-electron chi connectivity index (χ3n) is 4.52. The first-order chi connectivity index (χ1) is 9.58. The zero-order chi connectivity index (χ0) is 14.2. The monoisotopic (exact) mass is 277 g/mol. The Morgan fingerprint density at radius 2 is 1.90 bits per heavy atom. The molecule has 2 N–H and O–H groups in total. The SMILES string of the molecule is O=C(O)N1CCC2(CC1)C[C@H](c1ccc(O)cc1)CO2. The maximum absolute atomic E-state index is 10.9. The number of benzene rings is 1. The maximum Gasteiger partial charge on any atom is 0.407 e. The van der Waals surface area contributed by atoms with Crippen molar-refractivity contribution in [3.63, 3.8) is 0 Å². The number of aromatic hydroxyl groups is 1. The molecule has 2 fully saturated rings. The third kappa shape index (κ3) is 2.45. The summed E-state index contributed by atoms with van der Waals surface area (Å²) in [6.45, 7) is 1.78. The van der Waals surface area contributed by atoms with Crippen molar-refractivity contribution in [1.82, 2.24) is 4.90 Å². The molecule has 1 spiro atoms. The summed E-state index contributed by atoms with van der Waals surface area (Å²) >= 11 is 0. The average Bonchev–Trinajstić information content (AvgIpc) is 2.84. The minimum atomic E-state index is -0.840. The van der Waals surface area contributed by atoms with Crippen LogP contribution in [0.25, 0.3) is 0 Å². The second kappa shape index (κ2) is 4.98. The van der Waals surface area contributed by atoms with Crippen molar-refractivity contribution in [2.45, 2.75) is 30.8 Å². The lowest BCUT2D eigenvalue weighted by Gasteiger charge is -2.37. The van der Waals surface area contributed by atoms with Crippen molar-refractivity contribution >= 4 is 6.09 Å². The Hall–Kier alpha value is -1.75. The fourth-order valence-electron chi connectivity index (χ4n) is 3.26. The average molecular weight is 277 g/mol. The van der Waals surface area contributed by atoms with Gasteiger partial charge in [0.05, 0.1) is 12.2 Å². The number of piperidine rings is 1. The van der Waals surface area contributed by atoms with Crippen molar-refractivity contribution in [3.8, 4) is 5.75 Å². The molecule has 0 aliphatic carbocycles. The van der Waals surface area contributed by atoms with Crippen molar-refractivity contribution in [2.24, 2.45) is 0 Å². The van der Waals surface area contributed by atoms with Crippen molar-refractivity contribution in [3.05, 3.63) is 29.8 Å². The van der Waals surface area contributed by atoms with Gasteiger partial charge in [-0.25, -0.2) is 4.79 Å². The van der Waals surface area contributed by atoms with E-state index in [2.05, 4.69) is 0 Å². The number of rotatable bonds is 1. The van der Waals surface area contributed by atoms with E-state index >= 15 is 0 Å². The summed E-state index contributed by atoms with van der Waals surface area (Å²) in [6, 6.07) is 7.28. The first-order valence-corrected chi connectivity index (χ1v) is 6.99. The predicted octanol–water partition coefficient (Wildman–Crippen LogP) is 2.41. The fourth-order valence-corrected chi connectivity index (χ4v) is 3.26. The molecule has 2 heterocycles. The topological polar surface area (TPSA) is 70.0 Å². The molecule has 0 unspecified atom stereocenters. The number of amides is 1. The lowest BCUT2D eigenvalue weighted by atomic mass is 9.83. The van der Waals surface area contributed by atoms with Crippen LogP contribution in [-0.4, -0.2) is 46.5 Å². The summed E-state index contributed by atoms with van der Waals surface area (Å²) in [4.78, 5) is 12.4. The molecule has 20 heavy (non-hydrogen) atoms. The van der Waals surface area contributed by atoms with E-state index in [0.717, 1.165) is 19.3 Å². The molecule has 1 atom stereocenters. The predicted molar refractivity (Wildman–Crippen MR) is 73.0 cm³/mol. The fraction of sp³-hybridized carbons (Fsp3) is 0.533. The molecule has 1 aromatic carbocycles. The van der Waals surface area contributed by atoms with Gasteiger partial charge in [0.1, 0.15) is 5.75 Å². The lowest BCUT2D eigenvalue weighted by molar-refractivity contribution is -0.0394. The summed E-state index contributed by atoms with van der Waals surface area (Å²) in [7, 11) is 0. The highest BCUT2D eigenvalue weighted by molar-refractivity contribution is 5.65. The van der Waals surface area contributed by atoms with Gasteiger partial charge in [0.25, 0.3) is 0 Å². The number of nitrogens with zero attached hydrogens (tertiary/aromatic N) is 1. The number of carboxylic acid groups (broad SMARTS) is 1. The number of ether oxygens (including phenoxy) is 1. The van der Waals surface area contributed by atoms with E-state index in [4.69, 9.17) is 9.84 Å². The molecule has 3 rings (SSSR count). The molecule has 0 bridgehead atoms. The summed E-state index contributed by atoms with van der Waals surface area (Å²) in [5, 5.41) is 18.3. The maximum atomic E-state index is 10.9. The molecule has 0 aromatic heterocycles. The standard InChI is InChI=1S/C15H19NO4/c17-13-3-1-11(2-4-13)12-9-15(20-10-12)5-7-16(8-6-15)14(18)19/h1-4,12,17H,5-10H2,(H,18,19)/t12-/m0/s1. The highest BCUT2D eigenvalue weighted by Gasteiger charge is 2.43. The van der Waals surface area contributed by atoms with E-state index < -0.39 is 6.09 Å². The molecule has 5 heteroatoms. The molecule has 5 nitrogen and oxygen atoms in total. The molecule has 1 amide bonds. The zero-order valence-corrected chi connectivity index (χ0v) is 11.3. The third-order valence-corrected chi connectivity index (χ3v) is 4.52. The number of hydrogen-bond acceptors (Lipinski definition) is 3. The van der Waals surface area contributed by atoms with Gasteiger partial charge < -0.3 is 19.8 Å². The Labute approximate surface area is 117 Å². The Morgan fingerprint density at radius 3 is 2.50 bits per heavy atom. The number of likely N-dealkylation sites (tertiary alicyclic amines) is 1. The van der Waals surface area contributed by atoms with Crippen LogP contribution >= 0.6 is 0 Å². The van der Waals surface area contributed by atoms with Crippen LogP contribution in [0.5, 0.6) is 5.75 Å². The van der Waals surface area contributed by atoms with Gasteiger partial charge in [-0.2, -0.15) is 0 Å². The number of carbonyl (C=O) groups is 1. The highest BCUT2D eigenvalue weighted by atomic mass is 16.5. The molecule has 0 radical (unpaired) electrons. The highest BCUT2D eigenvalue weighted by Crippen LogP contribution is 2.42. The largest absolute Gasteiger partial charge is 0.508 e. The molecule has 2 aliphatic rings. The van der Waals surface area contributed by atoms with Crippen LogP contribution in [0.1, 0.15) is 30.7 Å². The van der Waals surface area contributed by atoms with E-state index in [1.54, 1.807) is 12.1 Å². The first kappa shape index (κ1) is 13.2. The minimum Gasteiger partial charge on any atom is -0.508 e. The van der Waals surface area contributed by atoms with E-state index in [1.807, 2.05) is 12.1 Å². The van der Waals surface area contributed by atoms with Gasteiger partial charge in [0, 0.05) is 19.0 Å². The quantitative estimate of drug-likeness (QED) is 0.827. The molecular formula is C15H19NO4. The van der Waals surface area contributed by atoms with Gasteiger partial charge in [-0.3, -0.25) is 0 Å². The second-order valence-electron chi connectivity index (χ2n) is 5.76. The van der Waals surface area contributed by atoms with Crippen LogP contribution < -0.4 is 0 Å². The van der Waals surface area contributed by atoms with Gasteiger partial charge in [-0.15, -0.1) is 0 Å². The van der Waals surface area contributed by atoms with Crippen molar-refractivity contribution in [2.75, 3.05) is 19.7 Å². The summed E-state index contributed by atoms with van der Waals surface area (Å²) in [5.41, 5.74) is 1.02. The number of phenols is 1. The Kier molecular flexibility index (Phi) is 3.30. The van der Waals surface area contributed by atoms with Crippen molar-refractivity contribution in [1.29, 1.82) is 0 Å². The molecule has 2 aliphatic heterocycles. The molecular weight excluding hydrogens is 258 g/mol. The Balaban J connectivity index is 1.65. The first-order valence-electron chi connectivity index (χ1n) is 6.99. The van der Waals surface area contributed by atoms with Gasteiger partial charge in [-0.1, -0.05) is 12.1 Å². The van der Waals surface area contributed by atoms with E-state index in [1.165, 1.54) is 10.5 Å². The van der Waals surface area contributed by atoms with Crippen LogP contribution in [-0.2, 0) is 4.74 Å². The second-order valence-corrected chi connectivity index (χ2v) is 5.76. The van der Waals surface area contributed by atoms with Crippen LogP contribution in [0.4, 0.5) is 4.79 Å². The zero-order valence-electron chi connectivity index (χ0n) is 11.3. The molecule has 1 aromatic rings. The van der Waals surface area contributed by atoms with Crippen LogP contribution in [0.15, 0.2) is 24.3 Å². The number of hydrogen-bond donors (Lipinski definition) is 2. The number of phenolic OH excluding ortho intramolecular Hbond substituents is 1. The lowest BCUT2D eigenvalue weighted by Crippen LogP contribution is -2.45. The Bertz CT molecular complexity index is 491. The minimum absolute atomic E-state index is 0.158. The summed E-state index contributed by atoms with van der Waals surface area (Å²) in [5.74, 6) is 0.615. The summed E-state index contributed by atoms with van der Waals surface area (Å²) < 4.78 is 6.02. The van der Waals surface area contributed by atoms with Crippen LogP contribution in [0, 0.1) is 0 Å². The van der Waals surface area contributed by atoms with Crippen molar-refractivity contribution < 1.29 is 19.7 Å². The van der Waals surface area contributed by atoms with Crippen LogP contribution in [0.3, 0.4) is 0 Å². The van der Waals surface area contributed by atoms with Gasteiger partial charge in [-0.05, 0) is 37.0 Å². The Morgan fingerprint density at radius 1 is 1.25 bits per heavy atom. The van der Waals surface area contributed by atoms with Crippen LogP contribution in [0.2, 0.25) is 0 Å². The smallest absolute Gasteiger partial charge is 0.407 e. The van der Waals surface area contributed by atoms with Gasteiger partial charge >= 0.3 is 6.09 Å². The van der Waals surface area contributed by atoms with Gasteiger partial charge in [0.15, 0.2) is 0 Å². The summed E-state index contributed by atoms with van der Waals surface area (Å²) in [6.07, 6.45) is 1.64. The van der Waals surface area contributed by atoms with E-state index in [9.17, 15) is 9.90 Å². The van der Waals surface area contributed by atoms with Gasteiger partial charge in [0.2, 0.25) is 0 Å². The molecule has 108 valence electrons. The molecule has 0 saturated carbocycles. The van der Waals surface area contributed by atoms with E-state index in [-0.39, 0.29) is 11.4 Å². The molecule has 2 saturated heterocycles. The van der Waals surface area contributed by atoms with E-state index in [0.29, 0.717) is 25.6 Å².